The predicted molar refractivity (Wildman–Crippen MR) is 76.5 cm³/mol. The van der Waals surface area contributed by atoms with Crippen molar-refractivity contribution >= 4 is 65.4 Å². The quantitative estimate of drug-likeness (QED) is 0.520. The molecule has 0 aliphatic heterocycles. The van der Waals surface area contributed by atoms with Gasteiger partial charge in [-0.25, -0.2) is 0 Å². The van der Waals surface area contributed by atoms with Gasteiger partial charge in [0.05, 0.1) is 18.8 Å². The maximum absolute atomic E-state index is 4.59. The molecule has 0 nitrogen and oxygen atoms in total. The molecular formula is C11H10S4. The van der Waals surface area contributed by atoms with Gasteiger partial charge in [0.2, 0.25) is 0 Å². The molecule has 3 rings (SSSR count). The number of rotatable bonds is 0. The number of hydrogen-bond donors (Lipinski definition) is 1. The topological polar surface area (TPSA) is 0 Å². The van der Waals surface area contributed by atoms with Crippen molar-refractivity contribution in [2.24, 2.45) is 0 Å². The van der Waals surface area contributed by atoms with E-state index in [4.69, 9.17) is 0 Å². The molecule has 0 saturated carbocycles. The van der Waals surface area contributed by atoms with E-state index >= 15 is 0 Å². The Labute approximate surface area is 106 Å². The third-order valence-corrected chi connectivity index (χ3v) is 7.67. The first-order valence-corrected chi connectivity index (χ1v) is 7.60. The molecule has 0 atom stereocenters. The van der Waals surface area contributed by atoms with Crippen LogP contribution >= 0.6 is 46.6 Å². The Hall–Kier alpha value is -0.0300. The summed E-state index contributed by atoms with van der Waals surface area (Å²) in [4.78, 5) is 3.97. The molecule has 0 spiro atoms. The molecule has 0 aromatic carbocycles. The molecule has 15 heavy (non-hydrogen) atoms. The Morgan fingerprint density at radius 2 is 1.33 bits per heavy atom. The van der Waals surface area contributed by atoms with Gasteiger partial charge in [-0.15, -0.1) is 46.6 Å². The molecule has 0 unspecified atom stereocenters. The highest BCUT2D eigenvalue weighted by atomic mass is 32.1. The smallest absolute Gasteiger partial charge is 0.0644 e. The van der Waals surface area contributed by atoms with Crippen LogP contribution in [0.1, 0.15) is 15.3 Å². The van der Waals surface area contributed by atoms with Crippen LogP contribution in [0.5, 0.6) is 0 Å². The van der Waals surface area contributed by atoms with Crippen LogP contribution in [0.2, 0.25) is 0 Å². The van der Waals surface area contributed by atoms with Crippen molar-refractivity contribution in [3.63, 3.8) is 0 Å². The average Bonchev–Trinajstić information content (AvgIpc) is 2.75. The number of aryl methyl sites for hydroxylation is 3. The summed E-state index contributed by atoms with van der Waals surface area (Å²) in [6.07, 6.45) is 0. The molecule has 0 N–H and O–H groups in total. The van der Waals surface area contributed by atoms with E-state index in [-0.39, 0.29) is 0 Å². The normalized spacial score (nSPS) is 12.0. The van der Waals surface area contributed by atoms with Crippen molar-refractivity contribution in [1.29, 1.82) is 0 Å². The molecular weight excluding hydrogens is 260 g/mol. The zero-order valence-corrected chi connectivity index (χ0v) is 12.0. The number of thiophene rings is 3. The first kappa shape index (κ1) is 10.1. The SMILES string of the molecule is Cc1sc2c(sc3c(S)c(C)sc32)c1C. The second-order valence-corrected chi connectivity index (χ2v) is 7.63. The van der Waals surface area contributed by atoms with Gasteiger partial charge in [0, 0.05) is 14.6 Å². The third kappa shape index (κ3) is 1.25. The van der Waals surface area contributed by atoms with Crippen LogP contribution in [0.25, 0.3) is 18.8 Å². The van der Waals surface area contributed by atoms with Crippen molar-refractivity contribution in [2.45, 2.75) is 25.7 Å². The van der Waals surface area contributed by atoms with Gasteiger partial charge >= 0.3 is 0 Å². The van der Waals surface area contributed by atoms with E-state index in [0.717, 1.165) is 0 Å². The highest BCUT2D eigenvalue weighted by Crippen LogP contribution is 2.48. The van der Waals surface area contributed by atoms with Gasteiger partial charge in [0.15, 0.2) is 0 Å². The highest BCUT2D eigenvalue weighted by Gasteiger charge is 2.16. The Kier molecular flexibility index (Phi) is 2.19. The minimum Gasteiger partial charge on any atom is -0.141 e. The summed E-state index contributed by atoms with van der Waals surface area (Å²) in [6, 6.07) is 0. The lowest BCUT2D eigenvalue weighted by Gasteiger charge is -1.87. The predicted octanol–water partition coefficient (Wildman–Crippen LogP) is 5.39. The van der Waals surface area contributed by atoms with Gasteiger partial charge in [0.25, 0.3) is 0 Å². The van der Waals surface area contributed by atoms with Crippen molar-refractivity contribution in [3.8, 4) is 0 Å². The van der Waals surface area contributed by atoms with Crippen LogP contribution in [-0.2, 0) is 0 Å². The van der Waals surface area contributed by atoms with E-state index < -0.39 is 0 Å². The second-order valence-electron chi connectivity index (χ2n) is 3.71. The van der Waals surface area contributed by atoms with E-state index in [1.165, 1.54) is 39.0 Å². The summed E-state index contributed by atoms with van der Waals surface area (Å²) in [5.74, 6) is 0. The summed E-state index contributed by atoms with van der Waals surface area (Å²) in [5, 5.41) is 0. The molecule has 0 saturated heterocycles. The van der Waals surface area contributed by atoms with Crippen LogP contribution in [0.4, 0.5) is 0 Å². The van der Waals surface area contributed by atoms with E-state index in [9.17, 15) is 0 Å². The van der Waals surface area contributed by atoms with Crippen molar-refractivity contribution in [2.75, 3.05) is 0 Å². The fraction of sp³-hybridized carbons (Fsp3) is 0.273. The summed E-state index contributed by atoms with van der Waals surface area (Å²) in [7, 11) is 0. The first-order chi connectivity index (χ1) is 7.09. The van der Waals surface area contributed by atoms with E-state index in [2.05, 4.69) is 33.4 Å². The summed E-state index contributed by atoms with van der Waals surface area (Å²) in [6.45, 7) is 6.58. The second kappa shape index (κ2) is 3.23. The van der Waals surface area contributed by atoms with Crippen LogP contribution < -0.4 is 0 Å². The number of hydrogen-bond acceptors (Lipinski definition) is 4. The van der Waals surface area contributed by atoms with Gasteiger partial charge in [-0.2, -0.15) is 0 Å². The van der Waals surface area contributed by atoms with Gasteiger partial charge < -0.3 is 0 Å². The molecule has 0 fully saturated rings. The minimum absolute atomic E-state index is 1.18. The average molecular weight is 270 g/mol. The minimum atomic E-state index is 1.18. The molecule has 4 heteroatoms. The molecule has 3 heterocycles. The van der Waals surface area contributed by atoms with Crippen molar-refractivity contribution in [3.05, 3.63) is 15.3 Å². The Bertz CT molecular complexity index is 609. The molecule has 0 bridgehead atoms. The largest absolute Gasteiger partial charge is 0.141 e. The van der Waals surface area contributed by atoms with E-state index in [1.807, 2.05) is 34.0 Å². The first-order valence-electron chi connectivity index (χ1n) is 4.70. The zero-order valence-electron chi connectivity index (χ0n) is 8.67. The molecule has 0 amide bonds. The Morgan fingerprint density at radius 1 is 0.733 bits per heavy atom. The molecule has 3 aromatic rings. The van der Waals surface area contributed by atoms with Crippen LogP contribution in [-0.4, -0.2) is 0 Å². The fourth-order valence-corrected chi connectivity index (χ4v) is 6.26. The fourth-order valence-electron chi connectivity index (χ4n) is 1.74. The molecule has 78 valence electrons. The van der Waals surface area contributed by atoms with E-state index in [0.29, 0.717) is 0 Å². The molecule has 0 radical (unpaired) electrons. The van der Waals surface area contributed by atoms with Crippen molar-refractivity contribution < 1.29 is 0 Å². The lowest BCUT2D eigenvalue weighted by atomic mass is 10.3. The highest BCUT2D eigenvalue weighted by molar-refractivity contribution is 7.81. The van der Waals surface area contributed by atoms with Gasteiger partial charge in [-0.05, 0) is 26.3 Å². The van der Waals surface area contributed by atoms with Gasteiger partial charge in [0.1, 0.15) is 0 Å². The van der Waals surface area contributed by atoms with Crippen LogP contribution in [0.3, 0.4) is 0 Å². The van der Waals surface area contributed by atoms with Crippen LogP contribution in [0.15, 0.2) is 4.90 Å². The lowest BCUT2D eigenvalue weighted by Crippen LogP contribution is -1.64. The van der Waals surface area contributed by atoms with Gasteiger partial charge in [-0.1, -0.05) is 0 Å². The molecule has 3 aromatic heterocycles. The Balaban J connectivity index is 2.57. The van der Waals surface area contributed by atoms with Gasteiger partial charge in [-0.3, -0.25) is 0 Å². The number of thiol groups is 1. The molecule has 0 aliphatic rings. The maximum Gasteiger partial charge on any atom is 0.0644 e. The standard InChI is InChI=1S/C11H10S4/c1-4-5(2)13-10-8(4)15-9-7(12)6(3)14-11(9)10/h12H,1-3H3. The summed E-state index contributed by atoms with van der Waals surface area (Å²) >= 11 is 10.3. The van der Waals surface area contributed by atoms with Crippen molar-refractivity contribution in [1.82, 2.24) is 0 Å². The van der Waals surface area contributed by atoms with Crippen LogP contribution in [0, 0.1) is 20.8 Å². The lowest BCUT2D eigenvalue weighted by molar-refractivity contribution is 1.48. The Morgan fingerprint density at radius 3 is 2.07 bits per heavy atom. The zero-order chi connectivity index (χ0) is 10.7. The monoisotopic (exact) mass is 270 g/mol. The summed E-state index contributed by atoms with van der Waals surface area (Å²) in [5.41, 5.74) is 1.45. The number of fused-ring (bicyclic) bond motifs is 3. The summed E-state index contributed by atoms with van der Waals surface area (Å²) < 4.78 is 5.76. The maximum atomic E-state index is 4.59. The third-order valence-electron chi connectivity index (χ3n) is 2.75. The molecule has 0 aliphatic carbocycles. The van der Waals surface area contributed by atoms with E-state index in [1.54, 1.807) is 0 Å².